The van der Waals surface area contributed by atoms with Gasteiger partial charge in [0.1, 0.15) is 0 Å². The minimum absolute atomic E-state index is 1.07. The van der Waals surface area contributed by atoms with Gasteiger partial charge in [0.2, 0.25) is 0 Å². The van der Waals surface area contributed by atoms with E-state index in [1.165, 1.54) is 83.5 Å². The van der Waals surface area contributed by atoms with Crippen LogP contribution in [-0.2, 0) is 0 Å². The molecule has 0 bridgehead atoms. The second-order valence-electron chi connectivity index (χ2n) is 5.79. The van der Waals surface area contributed by atoms with Crippen LogP contribution < -0.4 is 0 Å². The van der Waals surface area contributed by atoms with Gasteiger partial charge in [-0.3, -0.25) is 0 Å². The average Bonchev–Trinajstić information content (AvgIpc) is 2.50. The van der Waals surface area contributed by atoms with E-state index in [4.69, 9.17) is 0 Å². The summed E-state index contributed by atoms with van der Waals surface area (Å²) in [5.74, 6) is 0. The summed E-state index contributed by atoms with van der Waals surface area (Å²) in [5.41, 5.74) is 2.15. The van der Waals surface area contributed by atoms with Gasteiger partial charge in [0.25, 0.3) is 0 Å². The molecule has 1 heteroatoms. The van der Waals surface area contributed by atoms with Gasteiger partial charge in [-0.15, -0.1) is 0 Å². The molecule has 2 fully saturated rings. The predicted octanol–water partition coefficient (Wildman–Crippen LogP) is 5.77. The minimum atomic E-state index is 1.07. The number of hydrogen-bond acceptors (Lipinski definition) is 0. The van der Waals surface area contributed by atoms with E-state index < -0.39 is 0 Å². The average molecular weight is 239 g/mol. The van der Waals surface area contributed by atoms with Gasteiger partial charge < -0.3 is 0 Å². The Balaban J connectivity index is 1.72. The van der Waals surface area contributed by atoms with Crippen molar-refractivity contribution < 1.29 is 0 Å². The summed E-state index contributed by atoms with van der Waals surface area (Å²) in [6.07, 6.45) is 19.8. The van der Waals surface area contributed by atoms with Crippen molar-refractivity contribution in [3.05, 3.63) is 0 Å². The van der Waals surface area contributed by atoms with Crippen molar-refractivity contribution >= 4 is 8.58 Å². The van der Waals surface area contributed by atoms with Crippen LogP contribution in [0.1, 0.15) is 83.5 Å². The molecule has 0 atom stereocenters. The molecular weight excluding hydrogens is 211 g/mol. The van der Waals surface area contributed by atoms with Crippen LogP contribution in [0.5, 0.6) is 0 Å². The molecule has 0 saturated heterocycles. The zero-order valence-corrected chi connectivity index (χ0v) is 11.7. The van der Waals surface area contributed by atoms with Crippen molar-refractivity contribution in [1.29, 1.82) is 0 Å². The van der Waals surface area contributed by atoms with E-state index in [0.29, 0.717) is 0 Å². The lowest BCUT2D eigenvalue weighted by atomic mass is 10.0. The van der Waals surface area contributed by atoms with Gasteiger partial charge in [0, 0.05) is 0 Å². The van der Waals surface area contributed by atoms with Crippen LogP contribution >= 0.6 is 8.58 Å². The maximum atomic E-state index is 1.85. The Morgan fingerprint density at radius 1 is 0.438 bits per heavy atom. The Labute approximate surface area is 104 Å². The molecule has 0 aliphatic heterocycles. The highest BCUT2D eigenvalue weighted by Crippen LogP contribution is 2.40. The quantitative estimate of drug-likeness (QED) is 0.424. The van der Waals surface area contributed by atoms with Gasteiger partial charge in [0.05, 0.1) is 0 Å². The highest BCUT2D eigenvalue weighted by molar-refractivity contribution is 7.39. The van der Waals surface area contributed by atoms with Crippen LogP contribution in [0, 0.1) is 0 Å². The molecule has 16 heavy (non-hydrogen) atoms. The van der Waals surface area contributed by atoms with Gasteiger partial charge in [0.15, 0.2) is 0 Å². The van der Waals surface area contributed by atoms with E-state index in [-0.39, 0.29) is 0 Å². The molecule has 0 spiro atoms. The lowest BCUT2D eigenvalue weighted by Gasteiger charge is -2.23. The zero-order chi connectivity index (χ0) is 11.1. The summed E-state index contributed by atoms with van der Waals surface area (Å²) in [6, 6.07) is 0. The smallest absolute Gasteiger partial charge is 0.0168 e. The molecule has 2 aliphatic rings. The molecule has 2 rings (SSSR count). The molecule has 1 radical (unpaired) electrons. The predicted molar refractivity (Wildman–Crippen MR) is 74.5 cm³/mol. The van der Waals surface area contributed by atoms with Crippen LogP contribution in [0.2, 0.25) is 0 Å². The standard InChI is InChI=1S/C15H28P/c1-2-6-10-14(11-7-3-1)16-15-12-8-4-5-9-13-15/h14-15H,1-13H2. The molecule has 2 aliphatic carbocycles. The number of hydrogen-bond donors (Lipinski definition) is 0. The molecule has 0 heterocycles. The van der Waals surface area contributed by atoms with Crippen molar-refractivity contribution in [3.63, 3.8) is 0 Å². The summed E-state index contributed by atoms with van der Waals surface area (Å²) in [4.78, 5) is 0. The fourth-order valence-electron chi connectivity index (χ4n) is 3.29. The van der Waals surface area contributed by atoms with Gasteiger partial charge in [-0.1, -0.05) is 66.4 Å². The minimum Gasteiger partial charge on any atom is -0.0741 e. The Hall–Kier alpha value is 0.430. The SMILES string of the molecule is C1CCCC([P]C2CCCCCC2)CCC1. The van der Waals surface area contributed by atoms with Gasteiger partial charge in [-0.2, -0.15) is 0 Å². The lowest BCUT2D eigenvalue weighted by Crippen LogP contribution is -2.10. The monoisotopic (exact) mass is 239 g/mol. The van der Waals surface area contributed by atoms with Crippen molar-refractivity contribution in [1.82, 2.24) is 0 Å². The molecule has 0 unspecified atom stereocenters. The molecule has 0 amide bonds. The molecule has 0 aromatic carbocycles. The number of rotatable bonds is 2. The molecular formula is C15H28P. The van der Waals surface area contributed by atoms with E-state index in [1.54, 1.807) is 0 Å². The van der Waals surface area contributed by atoms with Crippen LogP contribution in [0.15, 0.2) is 0 Å². The van der Waals surface area contributed by atoms with E-state index in [2.05, 4.69) is 0 Å². The fraction of sp³-hybridized carbons (Fsp3) is 1.00. The second-order valence-corrected chi connectivity index (χ2v) is 7.55. The first-order chi connectivity index (χ1) is 7.95. The Kier molecular flexibility index (Phi) is 6.19. The highest BCUT2D eigenvalue weighted by Gasteiger charge is 2.19. The Morgan fingerprint density at radius 3 is 1.12 bits per heavy atom. The Morgan fingerprint density at radius 2 is 0.750 bits per heavy atom. The maximum absolute atomic E-state index is 1.85. The Bertz CT molecular complexity index is 162. The van der Waals surface area contributed by atoms with Gasteiger partial charge in [-0.25, -0.2) is 0 Å². The topological polar surface area (TPSA) is 0 Å². The third-order valence-electron chi connectivity index (χ3n) is 4.32. The van der Waals surface area contributed by atoms with Crippen LogP contribution in [-0.4, -0.2) is 11.3 Å². The van der Waals surface area contributed by atoms with Gasteiger partial charge in [-0.05, 0) is 37.0 Å². The third-order valence-corrected chi connectivity index (χ3v) is 6.20. The van der Waals surface area contributed by atoms with Crippen molar-refractivity contribution in [3.8, 4) is 0 Å². The summed E-state index contributed by atoms with van der Waals surface area (Å²) in [7, 11) is 1.85. The highest BCUT2D eigenvalue weighted by atomic mass is 31.1. The fourth-order valence-corrected chi connectivity index (χ4v) is 5.21. The van der Waals surface area contributed by atoms with Crippen molar-refractivity contribution in [2.24, 2.45) is 0 Å². The first-order valence-electron chi connectivity index (χ1n) is 7.65. The molecule has 93 valence electrons. The van der Waals surface area contributed by atoms with E-state index in [1.807, 2.05) is 8.58 Å². The van der Waals surface area contributed by atoms with Crippen LogP contribution in [0.25, 0.3) is 0 Å². The third kappa shape index (κ3) is 4.74. The van der Waals surface area contributed by atoms with Crippen LogP contribution in [0.4, 0.5) is 0 Å². The molecule has 0 N–H and O–H groups in total. The van der Waals surface area contributed by atoms with Crippen LogP contribution in [0.3, 0.4) is 0 Å². The second kappa shape index (κ2) is 7.70. The first kappa shape index (κ1) is 12.9. The first-order valence-corrected chi connectivity index (χ1v) is 8.68. The van der Waals surface area contributed by atoms with Gasteiger partial charge >= 0.3 is 0 Å². The summed E-state index contributed by atoms with van der Waals surface area (Å²) >= 11 is 0. The van der Waals surface area contributed by atoms with E-state index >= 15 is 0 Å². The molecule has 0 nitrogen and oxygen atoms in total. The van der Waals surface area contributed by atoms with Crippen molar-refractivity contribution in [2.75, 3.05) is 0 Å². The zero-order valence-electron chi connectivity index (χ0n) is 10.8. The normalized spacial score (nSPS) is 27.8. The largest absolute Gasteiger partial charge is 0.0741 e. The molecule has 0 aromatic heterocycles. The molecule has 2 saturated carbocycles. The van der Waals surface area contributed by atoms with E-state index in [0.717, 1.165) is 11.3 Å². The summed E-state index contributed by atoms with van der Waals surface area (Å²) < 4.78 is 0. The lowest BCUT2D eigenvalue weighted by molar-refractivity contribution is 0.508. The van der Waals surface area contributed by atoms with Crippen molar-refractivity contribution in [2.45, 2.75) is 94.8 Å². The molecule has 0 aromatic rings. The summed E-state index contributed by atoms with van der Waals surface area (Å²) in [6.45, 7) is 0. The maximum Gasteiger partial charge on any atom is -0.0168 e. The summed E-state index contributed by atoms with van der Waals surface area (Å²) in [5, 5.41) is 0. The van der Waals surface area contributed by atoms with E-state index in [9.17, 15) is 0 Å².